The van der Waals surface area contributed by atoms with Crippen molar-refractivity contribution in [3.63, 3.8) is 0 Å². The minimum atomic E-state index is 0.758. The highest BCUT2D eigenvalue weighted by Crippen LogP contribution is 2.17. The van der Waals surface area contributed by atoms with Crippen molar-refractivity contribution in [3.05, 3.63) is 34.9 Å². The van der Waals surface area contributed by atoms with Gasteiger partial charge in [-0.05, 0) is 62.3 Å². The van der Waals surface area contributed by atoms with Crippen molar-refractivity contribution in [2.24, 2.45) is 0 Å². The molecule has 1 N–H and O–H groups in total. The first-order valence-corrected chi connectivity index (χ1v) is 7.11. The molecule has 1 atom stereocenters. The fraction of sp³-hybridized carbons (Fsp3) is 0.625. The van der Waals surface area contributed by atoms with Crippen LogP contribution in [0.3, 0.4) is 0 Å². The maximum Gasteiger partial charge on any atom is 0.00702 e. The summed E-state index contributed by atoms with van der Waals surface area (Å²) >= 11 is 0. The molecule has 0 aromatic heterocycles. The normalized spacial score (nSPS) is 20.5. The van der Waals surface area contributed by atoms with Crippen molar-refractivity contribution in [3.8, 4) is 0 Å². The van der Waals surface area contributed by atoms with Gasteiger partial charge in [0.2, 0.25) is 0 Å². The van der Waals surface area contributed by atoms with Gasteiger partial charge in [0.15, 0.2) is 0 Å². The van der Waals surface area contributed by atoms with Crippen molar-refractivity contribution in [2.75, 3.05) is 6.54 Å². The molecule has 1 saturated heterocycles. The Morgan fingerprint density at radius 3 is 2.82 bits per heavy atom. The average Bonchev–Trinajstić information content (AvgIpc) is 2.38. The highest BCUT2D eigenvalue weighted by molar-refractivity contribution is 5.31. The van der Waals surface area contributed by atoms with E-state index in [0.717, 1.165) is 12.5 Å². The van der Waals surface area contributed by atoms with Crippen LogP contribution in [0.4, 0.5) is 0 Å². The monoisotopic (exact) mass is 231 g/mol. The Bertz CT molecular complexity index is 351. The molecule has 1 unspecified atom stereocenters. The minimum Gasteiger partial charge on any atom is -0.314 e. The van der Waals surface area contributed by atoms with Gasteiger partial charge in [0, 0.05) is 6.04 Å². The summed E-state index contributed by atoms with van der Waals surface area (Å²) in [5, 5.41) is 3.63. The van der Waals surface area contributed by atoms with E-state index >= 15 is 0 Å². The van der Waals surface area contributed by atoms with Crippen molar-refractivity contribution < 1.29 is 0 Å². The molecule has 1 aliphatic heterocycles. The zero-order valence-corrected chi connectivity index (χ0v) is 11.3. The molecule has 17 heavy (non-hydrogen) atoms. The van der Waals surface area contributed by atoms with Crippen LogP contribution >= 0.6 is 0 Å². The summed E-state index contributed by atoms with van der Waals surface area (Å²) in [5.74, 6) is 0. The summed E-state index contributed by atoms with van der Waals surface area (Å²) in [6.45, 7) is 5.70. The van der Waals surface area contributed by atoms with Gasteiger partial charge in [0.1, 0.15) is 0 Å². The van der Waals surface area contributed by atoms with Crippen LogP contribution in [0.25, 0.3) is 0 Å². The Labute approximate surface area is 106 Å². The van der Waals surface area contributed by atoms with Gasteiger partial charge in [0.05, 0.1) is 0 Å². The molecule has 1 nitrogen and oxygen atoms in total. The lowest BCUT2D eigenvalue weighted by Crippen LogP contribution is -2.34. The quantitative estimate of drug-likeness (QED) is 0.834. The summed E-state index contributed by atoms with van der Waals surface area (Å²) in [7, 11) is 0. The second kappa shape index (κ2) is 6.20. The number of hydrogen-bond donors (Lipinski definition) is 1. The van der Waals surface area contributed by atoms with Crippen molar-refractivity contribution in [1.82, 2.24) is 5.32 Å². The fourth-order valence-electron chi connectivity index (χ4n) is 2.76. The highest BCUT2D eigenvalue weighted by Gasteiger charge is 2.12. The van der Waals surface area contributed by atoms with E-state index in [4.69, 9.17) is 0 Å². The number of hydrogen-bond acceptors (Lipinski definition) is 1. The lowest BCUT2D eigenvalue weighted by molar-refractivity contribution is 0.382. The third kappa shape index (κ3) is 3.57. The third-order valence-corrected chi connectivity index (χ3v) is 3.99. The molecule has 1 fully saturated rings. The summed E-state index contributed by atoms with van der Waals surface area (Å²) in [6.07, 6.45) is 7.81. The van der Waals surface area contributed by atoms with Crippen LogP contribution in [0.15, 0.2) is 18.2 Å². The first-order valence-electron chi connectivity index (χ1n) is 7.11. The summed E-state index contributed by atoms with van der Waals surface area (Å²) in [6, 6.07) is 7.73. The largest absolute Gasteiger partial charge is 0.314 e. The van der Waals surface area contributed by atoms with Gasteiger partial charge in [-0.1, -0.05) is 31.5 Å². The number of piperidine rings is 1. The van der Waals surface area contributed by atoms with Crippen LogP contribution in [0.1, 0.15) is 49.3 Å². The van der Waals surface area contributed by atoms with Crippen molar-refractivity contribution in [1.29, 1.82) is 0 Å². The molecule has 1 heteroatoms. The Kier molecular flexibility index (Phi) is 4.61. The Balaban J connectivity index is 1.89. The lowest BCUT2D eigenvalue weighted by atomic mass is 9.95. The molecule has 1 heterocycles. The second-order valence-corrected chi connectivity index (χ2v) is 5.30. The average molecular weight is 231 g/mol. The number of rotatable bonds is 4. The van der Waals surface area contributed by atoms with Crippen LogP contribution in [0, 0.1) is 6.92 Å². The van der Waals surface area contributed by atoms with E-state index in [2.05, 4.69) is 37.4 Å². The molecule has 94 valence electrons. The van der Waals surface area contributed by atoms with E-state index in [9.17, 15) is 0 Å². The minimum absolute atomic E-state index is 0.758. The zero-order chi connectivity index (χ0) is 12.1. The van der Waals surface area contributed by atoms with Crippen LogP contribution < -0.4 is 5.32 Å². The maximum atomic E-state index is 3.63. The summed E-state index contributed by atoms with van der Waals surface area (Å²) in [5.41, 5.74) is 4.47. The molecular weight excluding hydrogens is 206 g/mol. The molecule has 0 aliphatic carbocycles. The predicted octanol–water partition coefficient (Wildman–Crippen LogP) is 3.63. The first-order chi connectivity index (χ1) is 8.29. The number of benzene rings is 1. The van der Waals surface area contributed by atoms with Gasteiger partial charge in [-0.15, -0.1) is 0 Å². The Hall–Kier alpha value is -0.820. The molecule has 0 saturated carbocycles. The van der Waals surface area contributed by atoms with Crippen LogP contribution in [0.5, 0.6) is 0 Å². The molecule has 0 spiro atoms. The van der Waals surface area contributed by atoms with Gasteiger partial charge in [0.25, 0.3) is 0 Å². The third-order valence-electron chi connectivity index (χ3n) is 3.99. The lowest BCUT2D eigenvalue weighted by Gasteiger charge is -2.23. The maximum absolute atomic E-state index is 3.63. The Morgan fingerprint density at radius 1 is 1.29 bits per heavy atom. The zero-order valence-electron chi connectivity index (χ0n) is 11.3. The van der Waals surface area contributed by atoms with Gasteiger partial charge < -0.3 is 5.32 Å². The molecule has 1 aliphatic rings. The fourth-order valence-corrected chi connectivity index (χ4v) is 2.76. The van der Waals surface area contributed by atoms with E-state index in [0.29, 0.717) is 0 Å². The molecule has 2 rings (SSSR count). The molecule has 0 amide bonds. The van der Waals surface area contributed by atoms with Crippen LogP contribution in [0.2, 0.25) is 0 Å². The van der Waals surface area contributed by atoms with E-state index < -0.39 is 0 Å². The predicted molar refractivity (Wildman–Crippen MR) is 74.5 cm³/mol. The van der Waals surface area contributed by atoms with Crippen molar-refractivity contribution >= 4 is 0 Å². The van der Waals surface area contributed by atoms with Gasteiger partial charge in [-0.25, -0.2) is 0 Å². The topological polar surface area (TPSA) is 12.0 Å². The number of nitrogens with one attached hydrogen (secondary N) is 1. The van der Waals surface area contributed by atoms with E-state index in [1.54, 1.807) is 0 Å². The van der Waals surface area contributed by atoms with Gasteiger partial charge in [-0.3, -0.25) is 0 Å². The first kappa shape index (κ1) is 12.6. The standard InChI is InChI=1S/C16H25N/c1-3-14-7-8-15(13(2)12-14)9-10-16-6-4-5-11-17-16/h7-8,12,16-17H,3-6,9-11H2,1-2H3. The van der Waals surface area contributed by atoms with Gasteiger partial charge >= 0.3 is 0 Å². The van der Waals surface area contributed by atoms with Gasteiger partial charge in [-0.2, -0.15) is 0 Å². The molecule has 1 aromatic rings. The van der Waals surface area contributed by atoms with E-state index in [-0.39, 0.29) is 0 Å². The van der Waals surface area contributed by atoms with E-state index in [1.807, 2.05) is 0 Å². The highest BCUT2D eigenvalue weighted by atomic mass is 14.9. The SMILES string of the molecule is CCc1ccc(CCC2CCCCN2)c(C)c1. The molecule has 0 bridgehead atoms. The summed E-state index contributed by atoms with van der Waals surface area (Å²) in [4.78, 5) is 0. The van der Waals surface area contributed by atoms with Crippen LogP contribution in [-0.4, -0.2) is 12.6 Å². The molecule has 1 aromatic carbocycles. The summed E-state index contributed by atoms with van der Waals surface area (Å²) < 4.78 is 0. The molecule has 0 radical (unpaired) electrons. The number of aryl methyl sites for hydroxylation is 3. The van der Waals surface area contributed by atoms with E-state index in [1.165, 1.54) is 55.3 Å². The second-order valence-electron chi connectivity index (χ2n) is 5.30. The Morgan fingerprint density at radius 2 is 2.18 bits per heavy atom. The smallest absolute Gasteiger partial charge is 0.00702 e. The molecular formula is C16H25N. The van der Waals surface area contributed by atoms with Crippen molar-refractivity contribution in [2.45, 2.75) is 58.4 Å². The van der Waals surface area contributed by atoms with Crippen LogP contribution in [-0.2, 0) is 12.8 Å².